The maximum absolute atomic E-state index is 6.20. The number of benzene rings is 1. The minimum absolute atomic E-state index is 0.232. The third-order valence-corrected chi connectivity index (χ3v) is 4.71. The van der Waals surface area contributed by atoms with Gasteiger partial charge < -0.3 is 14.2 Å². The maximum Gasteiger partial charge on any atom is 0.118 e. The first kappa shape index (κ1) is 17.4. The van der Waals surface area contributed by atoms with Gasteiger partial charge in [-0.1, -0.05) is 18.2 Å². The van der Waals surface area contributed by atoms with Gasteiger partial charge in [-0.15, -0.1) is 6.58 Å². The highest BCUT2D eigenvalue weighted by atomic mass is 16.5. The van der Waals surface area contributed by atoms with Crippen LogP contribution in [0.1, 0.15) is 5.56 Å². The summed E-state index contributed by atoms with van der Waals surface area (Å²) in [5.74, 6) is 0.898. The molecule has 1 aromatic carbocycles. The molecular weight excluding hydrogens is 304 g/mol. The number of nitrogens with zero attached hydrogens (tertiary/aromatic N) is 2. The van der Waals surface area contributed by atoms with Gasteiger partial charge in [0.2, 0.25) is 0 Å². The van der Waals surface area contributed by atoms with Gasteiger partial charge in [-0.3, -0.25) is 9.80 Å². The number of morpholine rings is 1. The standard InChI is InChI=1S/C19H28N2O3/c1-3-8-20-9-11-23-16-19(14-20)15-21(10-12-24-19)13-17-4-6-18(22-2)7-5-17/h3-7H,1,8-16H2,2H3. The first-order valence-electron chi connectivity index (χ1n) is 8.63. The molecular formula is C19H28N2O3. The molecule has 2 aliphatic rings. The topological polar surface area (TPSA) is 34.2 Å². The van der Waals surface area contributed by atoms with Crippen molar-refractivity contribution >= 4 is 0 Å². The van der Waals surface area contributed by atoms with Crippen LogP contribution in [0.2, 0.25) is 0 Å². The average molecular weight is 332 g/mol. The van der Waals surface area contributed by atoms with E-state index in [1.54, 1.807) is 7.11 Å². The molecule has 1 spiro atoms. The molecule has 0 radical (unpaired) electrons. The summed E-state index contributed by atoms with van der Waals surface area (Å²) < 4.78 is 17.3. The fourth-order valence-corrected chi connectivity index (χ4v) is 3.55. The molecule has 3 rings (SSSR count). The SMILES string of the molecule is C=CCN1CCOCC2(C1)CN(Cc1ccc(OC)cc1)CCO2. The van der Waals surface area contributed by atoms with E-state index in [2.05, 4.69) is 28.5 Å². The van der Waals surface area contributed by atoms with Crippen LogP contribution in [0.5, 0.6) is 5.75 Å². The molecule has 1 atom stereocenters. The normalized spacial score (nSPS) is 26.2. The Morgan fingerprint density at radius 2 is 1.92 bits per heavy atom. The first-order valence-corrected chi connectivity index (χ1v) is 8.63. The van der Waals surface area contributed by atoms with E-state index in [9.17, 15) is 0 Å². The third-order valence-electron chi connectivity index (χ3n) is 4.71. The molecule has 2 saturated heterocycles. The van der Waals surface area contributed by atoms with Gasteiger partial charge in [0, 0.05) is 39.3 Å². The van der Waals surface area contributed by atoms with Crippen LogP contribution in [-0.2, 0) is 16.0 Å². The number of hydrogen-bond donors (Lipinski definition) is 0. The molecule has 24 heavy (non-hydrogen) atoms. The van der Waals surface area contributed by atoms with Crippen LogP contribution < -0.4 is 4.74 Å². The molecule has 0 aromatic heterocycles. The van der Waals surface area contributed by atoms with Gasteiger partial charge in [-0.25, -0.2) is 0 Å². The fourth-order valence-electron chi connectivity index (χ4n) is 3.55. The number of hydrogen-bond acceptors (Lipinski definition) is 5. The summed E-state index contributed by atoms with van der Waals surface area (Å²) in [6.07, 6.45) is 1.96. The summed E-state index contributed by atoms with van der Waals surface area (Å²) in [6.45, 7) is 11.5. The Kier molecular flexibility index (Phi) is 5.89. The van der Waals surface area contributed by atoms with Crippen molar-refractivity contribution in [3.05, 3.63) is 42.5 Å². The van der Waals surface area contributed by atoms with Crippen molar-refractivity contribution in [3.63, 3.8) is 0 Å². The van der Waals surface area contributed by atoms with Crippen molar-refractivity contribution < 1.29 is 14.2 Å². The molecule has 1 unspecified atom stereocenters. The van der Waals surface area contributed by atoms with Gasteiger partial charge in [0.15, 0.2) is 0 Å². The van der Waals surface area contributed by atoms with Gasteiger partial charge in [-0.05, 0) is 17.7 Å². The summed E-state index contributed by atoms with van der Waals surface area (Å²) in [7, 11) is 1.70. The van der Waals surface area contributed by atoms with E-state index in [1.165, 1.54) is 5.56 Å². The Balaban J connectivity index is 1.64. The molecule has 0 saturated carbocycles. The Morgan fingerprint density at radius 1 is 1.17 bits per heavy atom. The lowest BCUT2D eigenvalue weighted by Gasteiger charge is -2.43. The number of ether oxygens (including phenoxy) is 3. The van der Waals surface area contributed by atoms with E-state index in [0.29, 0.717) is 6.61 Å². The second kappa shape index (κ2) is 8.12. The largest absolute Gasteiger partial charge is 0.497 e. The van der Waals surface area contributed by atoms with Crippen molar-refractivity contribution in [2.24, 2.45) is 0 Å². The van der Waals surface area contributed by atoms with E-state index in [4.69, 9.17) is 14.2 Å². The smallest absolute Gasteiger partial charge is 0.118 e. The van der Waals surface area contributed by atoms with Gasteiger partial charge in [0.25, 0.3) is 0 Å². The maximum atomic E-state index is 6.20. The summed E-state index contributed by atoms with van der Waals surface area (Å²) >= 11 is 0. The lowest BCUT2D eigenvalue weighted by atomic mass is 10.0. The van der Waals surface area contributed by atoms with Crippen molar-refractivity contribution in [1.29, 1.82) is 0 Å². The highest BCUT2D eigenvalue weighted by molar-refractivity contribution is 5.27. The van der Waals surface area contributed by atoms with Gasteiger partial charge >= 0.3 is 0 Å². The Hall–Kier alpha value is -1.40. The van der Waals surface area contributed by atoms with Crippen LogP contribution in [0.15, 0.2) is 36.9 Å². The minimum atomic E-state index is -0.232. The molecule has 0 bridgehead atoms. The van der Waals surface area contributed by atoms with Crippen LogP contribution in [0, 0.1) is 0 Å². The highest BCUT2D eigenvalue weighted by Gasteiger charge is 2.39. The number of methoxy groups -OCH3 is 1. The number of rotatable bonds is 5. The van der Waals surface area contributed by atoms with Crippen LogP contribution >= 0.6 is 0 Å². The fraction of sp³-hybridized carbons (Fsp3) is 0.579. The zero-order valence-corrected chi connectivity index (χ0v) is 14.6. The summed E-state index contributed by atoms with van der Waals surface area (Å²) in [6, 6.07) is 8.31. The average Bonchev–Trinajstić information content (AvgIpc) is 2.78. The van der Waals surface area contributed by atoms with Crippen molar-refractivity contribution in [2.75, 3.05) is 59.7 Å². The molecule has 132 valence electrons. The predicted molar refractivity (Wildman–Crippen MR) is 94.4 cm³/mol. The summed E-state index contributed by atoms with van der Waals surface area (Å²) in [5.41, 5.74) is 1.06. The molecule has 0 amide bonds. The van der Waals surface area contributed by atoms with Gasteiger partial charge in [0.05, 0.1) is 26.9 Å². The lowest BCUT2D eigenvalue weighted by Crippen LogP contribution is -2.58. The zero-order chi connectivity index (χ0) is 16.8. The second-order valence-electron chi connectivity index (χ2n) is 6.67. The van der Waals surface area contributed by atoms with E-state index in [1.807, 2.05) is 18.2 Å². The van der Waals surface area contributed by atoms with E-state index >= 15 is 0 Å². The van der Waals surface area contributed by atoms with Crippen LogP contribution in [0.3, 0.4) is 0 Å². The molecule has 0 aliphatic carbocycles. The first-order chi connectivity index (χ1) is 11.7. The Morgan fingerprint density at radius 3 is 2.67 bits per heavy atom. The monoisotopic (exact) mass is 332 g/mol. The van der Waals surface area contributed by atoms with E-state index < -0.39 is 0 Å². The molecule has 2 heterocycles. The van der Waals surface area contributed by atoms with Gasteiger partial charge in [-0.2, -0.15) is 0 Å². The van der Waals surface area contributed by atoms with Crippen LogP contribution in [0.4, 0.5) is 0 Å². The summed E-state index contributed by atoms with van der Waals surface area (Å²) in [4.78, 5) is 4.84. The third kappa shape index (κ3) is 4.36. The van der Waals surface area contributed by atoms with Crippen molar-refractivity contribution in [2.45, 2.75) is 12.1 Å². The second-order valence-corrected chi connectivity index (χ2v) is 6.67. The Labute approximate surface area is 144 Å². The molecule has 2 aliphatic heterocycles. The predicted octanol–water partition coefficient (Wildman–Crippen LogP) is 1.78. The van der Waals surface area contributed by atoms with E-state index in [0.717, 1.165) is 58.2 Å². The molecule has 5 nitrogen and oxygen atoms in total. The Bertz CT molecular complexity index is 534. The van der Waals surface area contributed by atoms with Crippen molar-refractivity contribution in [1.82, 2.24) is 9.80 Å². The molecule has 2 fully saturated rings. The molecule has 0 N–H and O–H groups in total. The molecule has 1 aromatic rings. The zero-order valence-electron chi connectivity index (χ0n) is 14.6. The van der Waals surface area contributed by atoms with E-state index in [-0.39, 0.29) is 5.60 Å². The molecule has 5 heteroatoms. The lowest BCUT2D eigenvalue weighted by molar-refractivity contribution is -0.142. The minimum Gasteiger partial charge on any atom is -0.497 e. The van der Waals surface area contributed by atoms with Crippen LogP contribution in [0.25, 0.3) is 0 Å². The van der Waals surface area contributed by atoms with Gasteiger partial charge in [0.1, 0.15) is 11.4 Å². The van der Waals surface area contributed by atoms with Crippen LogP contribution in [-0.4, -0.2) is 75.1 Å². The van der Waals surface area contributed by atoms with Crippen molar-refractivity contribution in [3.8, 4) is 5.75 Å². The quantitative estimate of drug-likeness (QED) is 0.768. The highest BCUT2D eigenvalue weighted by Crippen LogP contribution is 2.24. The summed E-state index contributed by atoms with van der Waals surface area (Å²) in [5, 5.41) is 0.